The molecule has 0 unspecified atom stereocenters. The van der Waals surface area contributed by atoms with Crippen LogP contribution in [0, 0.1) is 12.8 Å². The molecule has 0 bridgehead atoms. The van der Waals surface area contributed by atoms with E-state index < -0.39 is 10.0 Å². The fourth-order valence-corrected chi connectivity index (χ4v) is 5.23. The van der Waals surface area contributed by atoms with Crippen molar-refractivity contribution >= 4 is 27.0 Å². The van der Waals surface area contributed by atoms with Crippen LogP contribution in [0.5, 0.6) is 0 Å². The lowest BCUT2D eigenvalue weighted by molar-refractivity contribution is -0.126. The molecule has 8 nitrogen and oxygen atoms in total. The Balaban J connectivity index is 1.39. The Hall–Kier alpha value is -2.78. The second kappa shape index (κ2) is 7.92. The summed E-state index contributed by atoms with van der Waals surface area (Å²) >= 11 is 0. The van der Waals surface area contributed by atoms with E-state index in [1.54, 1.807) is 12.1 Å². The van der Waals surface area contributed by atoms with E-state index in [1.807, 2.05) is 31.2 Å². The molecular weight excluding hydrogens is 392 g/mol. The molecule has 1 amide bonds. The monoisotopic (exact) mass is 414 g/mol. The van der Waals surface area contributed by atoms with E-state index in [-0.39, 0.29) is 35.3 Å². The minimum atomic E-state index is -3.73. The summed E-state index contributed by atoms with van der Waals surface area (Å²) in [6.07, 6.45) is 0.956. The molecular formula is C20H22N4O4S. The van der Waals surface area contributed by atoms with E-state index in [1.165, 1.54) is 10.4 Å². The van der Waals surface area contributed by atoms with Gasteiger partial charge in [-0.15, -0.1) is 0 Å². The van der Waals surface area contributed by atoms with Gasteiger partial charge in [0.2, 0.25) is 15.9 Å². The molecule has 29 heavy (non-hydrogen) atoms. The van der Waals surface area contributed by atoms with Crippen molar-refractivity contribution in [3.63, 3.8) is 0 Å². The first kappa shape index (κ1) is 19.5. The maximum Gasteiger partial charge on any atom is 0.245 e. The van der Waals surface area contributed by atoms with Crippen molar-refractivity contribution in [2.75, 3.05) is 13.1 Å². The number of hydrogen-bond donors (Lipinski definition) is 1. The lowest BCUT2D eigenvalue weighted by atomic mass is 9.97. The SMILES string of the molecule is Cc1ccccc1CNC(=O)C1CCN(S(=O)(=O)c2cccc3nonc23)CC1. The molecule has 0 spiro atoms. The van der Waals surface area contributed by atoms with Crippen LogP contribution in [0.15, 0.2) is 52.0 Å². The number of carbonyl (C=O) groups is 1. The second-order valence-electron chi connectivity index (χ2n) is 7.21. The smallest absolute Gasteiger partial charge is 0.245 e. The minimum absolute atomic E-state index is 0.0342. The van der Waals surface area contributed by atoms with Crippen LogP contribution in [0.2, 0.25) is 0 Å². The standard InChI is InChI=1S/C20H22N4O4S/c1-14-5-2-3-6-16(14)13-21-20(25)15-9-11-24(12-10-15)29(26,27)18-8-4-7-17-19(18)23-28-22-17/h2-8,15H,9-13H2,1H3,(H,21,25). The van der Waals surface area contributed by atoms with Gasteiger partial charge in [-0.05, 0) is 53.3 Å². The number of rotatable bonds is 5. The first-order chi connectivity index (χ1) is 14.0. The molecule has 0 radical (unpaired) electrons. The summed E-state index contributed by atoms with van der Waals surface area (Å²) in [4.78, 5) is 12.6. The van der Waals surface area contributed by atoms with E-state index in [4.69, 9.17) is 0 Å². The number of aryl methyl sites for hydroxylation is 1. The van der Waals surface area contributed by atoms with Gasteiger partial charge in [0.05, 0.1) is 0 Å². The van der Waals surface area contributed by atoms with Crippen LogP contribution in [0.25, 0.3) is 11.0 Å². The maximum absolute atomic E-state index is 13.0. The molecule has 1 aliphatic heterocycles. The third-order valence-electron chi connectivity index (χ3n) is 5.41. The molecule has 4 rings (SSSR count). The Kier molecular flexibility index (Phi) is 5.33. The lowest BCUT2D eigenvalue weighted by Gasteiger charge is -2.30. The van der Waals surface area contributed by atoms with Crippen LogP contribution in [-0.4, -0.2) is 42.0 Å². The maximum atomic E-state index is 13.0. The normalized spacial score (nSPS) is 16.2. The van der Waals surface area contributed by atoms with E-state index in [0.717, 1.165) is 11.1 Å². The van der Waals surface area contributed by atoms with Gasteiger partial charge in [-0.1, -0.05) is 30.3 Å². The third-order valence-corrected chi connectivity index (χ3v) is 7.34. The van der Waals surface area contributed by atoms with E-state index in [2.05, 4.69) is 20.3 Å². The highest BCUT2D eigenvalue weighted by atomic mass is 32.2. The van der Waals surface area contributed by atoms with Crippen LogP contribution in [0.4, 0.5) is 0 Å². The summed E-state index contributed by atoms with van der Waals surface area (Å²) in [5, 5.41) is 10.4. The summed E-state index contributed by atoms with van der Waals surface area (Å²) in [5.41, 5.74) is 2.84. The average molecular weight is 414 g/mol. The molecule has 2 heterocycles. The Bertz CT molecular complexity index is 1130. The zero-order valence-corrected chi connectivity index (χ0v) is 16.9. The van der Waals surface area contributed by atoms with Crippen LogP contribution in [0.1, 0.15) is 24.0 Å². The van der Waals surface area contributed by atoms with Crippen molar-refractivity contribution in [2.45, 2.75) is 31.2 Å². The van der Waals surface area contributed by atoms with Crippen LogP contribution < -0.4 is 5.32 Å². The Morgan fingerprint density at radius 1 is 1.14 bits per heavy atom. The largest absolute Gasteiger partial charge is 0.352 e. The molecule has 0 saturated carbocycles. The van der Waals surface area contributed by atoms with E-state index in [9.17, 15) is 13.2 Å². The van der Waals surface area contributed by atoms with Gasteiger partial charge in [0, 0.05) is 25.6 Å². The third kappa shape index (κ3) is 3.88. The van der Waals surface area contributed by atoms with Gasteiger partial charge in [0.25, 0.3) is 0 Å². The van der Waals surface area contributed by atoms with Crippen molar-refractivity contribution in [1.82, 2.24) is 19.9 Å². The zero-order valence-electron chi connectivity index (χ0n) is 16.0. The average Bonchev–Trinajstić information content (AvgIpc) is 3.22. The lowest BCUT2D eigenvalue weighted by Crippen LogP contribution is -2.42. The molecule has 0 aliphatic carbocycles. The molecule has 152 valence electrons. The van der Waals surface area contributed by atoms with Gasteiger partial charge in [0.1, 0.15) is 10.4 Å². The van der Waals surface area contributed by atoms with Crippen LogP contribution >= 0.6 is 0 Å². The number of benzene rings is 2. The number of aromatic nitrogens is 2. The number of fused-ring (bicyclic) bond motifs is 1. The molecule has 0 atom stereocenters. The van der Waals surface area contributed by atoms with Crippen molar-refractivity contribution in [1.29, 1.82) is 0 Å². The van der Waals surface area contributed by atoms with Gasteiger partial charge < -0.3 is 5.32 Å². The van der Waals surface area contributed by atoms with E-state index in [0.29, 0.717) is 24.9 Å². The van der Waals surface area contributed by atoms with Crippen LogP contribution in [-0.2, 0) is 21.4 Å². The molecule has 2 aromatic carbocycles. The first-order valence-corrected chi connectivity index (χ1v) is 10.9. The predicted octanol–water partition coefficient (Wildman–Crippen LogP) is 2.25. The Labute approximate surface area is 168 Å². The summed E-state index contributed by atoms with van der Waals surface area (Å²) < 4.78 is 32.2. The first-order valence-electron chi connectivity index (χ1n) is 9.50. The molecule has 3 aromatic rings. The van der Waals surface area contributed by atoms with Gasteiger partial charge in [0.15, 0.2) is 5.52 Å². The quantitative estimate of drug-likeness (QED) is 0.686. The van der Waals surface area contributed by atoms with Gasteiger partial charge in [-0.2, -0.15) is 4.31 Å². The van der Waals surface area contributed by atoms with Crippen molar-refractivity contribution in [3.8, 4) is 0 Å². The second-order valence-corrected chi connectivity index (χ2v) is 9.12. The topological polar surface area (TPSA) is 105 Å². The number of hydrogen-bond acceptors (Lipinski definition) is 6. The van der Waals surface area contributed by atoms with Crippen LogP contribution in [0.3, 0.4) is 0 Å². The molecule has 1 fully saturated rings. The molecule has 9 heteroatoms. The highest BCUT2D eigenvalue weighted by molar-refractivity contribution is 7.89. The summed E-state index contributed by atoms with van der Waals surface area (Å²) in [7, 11) is -3.73. The highest BCUT2D eigenvalue weighted by Gasteiger charge is 2.33. The number of nitrogens with one attached hydrogen (secondary N) is 1. The summed E-state index contributed by atoms with van der Waals surface area (Å²) in [6, 6.07) is 12.7. The predicted molar refractivity (Wildman–Crippen MR) is 106 cm³/mol. The number of nitrogens with zero attached hydrogens (tertiary/aromatic N) is 3. The summed E-state index contributed by atoms with van der Waals surface area (Å²) in [6.45, 7) is 3.06. The fraction of sp³-hybridized carbons (Fsp3) is 0.350. The van der Waals surface area contributed by atoms with Crippen molar-refractivity contribution in [2.24, 2.45) is 5.92 Å². The zero-order chi connectivity index (χ0) is 20.4. The number of sulfonamides is 1. The molecule has 1 saturated heterocycles. The van der Waals surface area contributed by atoms with Gasteiger partial charge >= 0.3 is 0 Å². The van der Waals surface area contributed by atoms with E-state index >= 15 is 0 Å². The van der Waals surface area contributed by atoms with Crippen molar-refractivity contribution < 1.29 is 17.8 Å². The van der Waals surface area contributed by atoms with Gasteiger partial charge in [-0.25, -0.2) is 13.0 Å². The number of amides is 1. The van der Waals surface area contributed by atoms with Crippen molar-refractivity contribution in [3.05, 3.63) is 53.6 Å². The number of carbonyl (C=O) groups excluding carboxylic acids is 1. The highest BCUT2D eigenvalue weighted by Crippen LogP contribution is 2.27. The number of piperidine rings is 1. The van der Waals surface area contributed by atoms with Gasteiger partial charge in [-0.3, -0.25) is 4.79 Å². The molecule has 1 aromatic heterocycles. The molecule has 1 aliphatic rings. The Morgan fingerprint density at radius 3 is 2.66 bits per heavy atom. The fourth-order valence-electron chi connectivity index (χ4n) is 3.62. The summed E-state index contributed by atoms with van der Waals surface area (Å²) in [5.74, 6) is -0.233. The Morgan fingerprint density at radius 2 is 1.90 bits per heavy atom. The molecule has 1 N–H and O–H groups in total. The minimum Gasteiger partial charge on any atom is -0.352 e.